The monoisotopic (exact) mass is 314 g/mol. The van der Waals surface area contributed by atoms with Crippen LogP contribution in [0.3, 0.4) is 0 Å². The molecule has 0 bridgehead atoms. The molecule has 118 valence electrons. The van der Waals surface area contributed by atoms with Gasteiger partial charge in [-0.2, -0.15) is 18.3 Å². The van der Waals surface area contributed by atoms with E-state index in [4.69, 9.17) is 14.2 Å². The quantitative estimate of drug-likeness (QED) is 0.872. The summed E-state index contributed by atoms with van der Waals surface area (Å²) in [7, 11) is 1.38. The van der Waals surface area contributed by atoms with E-state index in [1.165, 1.54) is 7.05 Å². The van der Waals surface area contributed by atoms with E-state index in [1.54, 1.807) is 30.3 Å². The molecule has 1 aromatic carbocycles. The summed E-state index contributed by atoms with van der Waals surface area (Å²) >= 11 is 0. The van der Waals surface area contributed by atoms with Crippen LogP contribution in [0.2, 0.25) is 0 Å². The van der Waals surface area contributed by atoms with E-state index < -0.39 is 18.2 Å². The highest BCUT2D eigenvalue weighted by Gasteiger charge is 2.43. The second-order valence-electron chi connectivity index (χ2n) is 4.68. The predicted octanol–water partition coefficient (Wildman–Crippen LogP) is 3.28. The molecule has 22 heavy (non-hydrogen) atoms. The minimum Gasteiger partial charge on any atom is -0.439 e. The maximum absolute atomic E-state index is 13.2. The van der Waals surface area contributed by atoms with Crippen molar-refractivity contribution in [3.05, 3.63) is 41.6 Å². The molecule has 5 nitrogen and oxygen atoms in total. The van der Waals surface area contributed by atoms with Gasteiger partial charge < -0.3 is 14.2 Å². The molecule has 1 aromatic heterocycles. The lowest BCUT2D eigenvalue weighted by molar-refractivity contribution is -0.146. The highest BCUT2D eigenvalue weighted by atomic mass is 19.4. The molecule has 0 aliphatic carbocycles. The van der Waals surface area contributed by atoms with Crippen LogP contribution in [0.5, 0.6) is 11.6 Å². The number of para-hydroxylation sites is 1. The Labute approximate surface area is 124 Å². The summed E-state index contributed by atoms with van der Waals surface area (Å²) in [6.07, 6.45) is -5.76. The number of hydrogen-bond acceptors (Lipinski definition) is 4. The summed E-state index contributed by atoms with van der Waals surface area (Å²) in [5, 5.41) is 3.53. The molecule has 0 saturated carbocycles. The normalized spacial score (nSPS) is 16.2. The van der Waals surface area contributed by atoms with E-state index in [9.17, 15) is 13.2 Å². The van der Waals surface area contributed by atoms with Crippen LogP contribution >= 0.6 is 0 Å². The molecule has 3 rings (SSSR count). The lowest BCUT2D eigenvalue weighted by Gasteiger charge is -2.14. The molecule has 1 aliphatic heterocycles. The van der Waals surface area contributed by atoms with Crippen LogP contribution in [-0.2, 0) is 22.7 Å². The third kappa shape index (κ3) is 2.79. The molecule has 2 heterocycles. The number of rotatable bonds is 3. The Balaban J connectivity index is 2.06. The number of aromatic nitrogens is 2. The molecule has 1 fully saturated rings. The van der Waals surface area contributed by atoms with E-state index >= 15 is 0 Å². The summed E-state index contributed by atoms with van der Waals surface area (Å²) in [6.45, 7) is 0.448. The van der Waals surface area contributed by atoms with Crippen molar-refractivity contribution in [2.75, 3.05) is 13.2 Å². The highest BCUT2D eigenvalue weighted by molar-refractivity contribution is 5.38. The first kappa shape index (κ1) is 14.9. The average molecular weight is 314 g/mol. The lowest BCUT2D eigenvalue weighted by atomic mass is 10.2. The van der Waals surface area contributed by atoms with Gasteiger partial charge in [-0.05, 0) is 12.1 Å². The minimum atomic E-state index is -4.62. The number of halogens is 3. The van der Waals surface area contributed by atoms with Gasteiger partial charge in [-0.3, -0.25) is 0 Å². The molecule has 0 N–H and O–H groups in total. The molecule has 1 saturated heterocycles. The lowest BCUT2D eigenvalue weighted by Crippen LogP contribution is -2.12. The molecular weight excluding hydrogens is 301 g/mol. The van der Waals surface area contributed by atoms with Gasteiger partial charge in [0.05, 0.1) is 13.2 Å². The Hall–Kier alpha value is -2.06. The Kier molecular flexibility index (Phi) is 3.79. The van der Waals surface area contributed by atoms with Crippen molar-refractivity contribution in [2.24, 2.45) is 7.05 Å². The van der Waals surface area contributed by atoms with Crippen LogP contribution in [0.4, 0.5) is 13.2 Å². The second kappa shape index (κ2) is 5.62. The predicted molar refractivity (Wildman–Crippen MR) is 69.4 cm³/mol. The smallest absolute Gasteiger partial charge is 0.435 e. The fourth-order valence-corrected chi connectivity index (χ4v) is 2.19. The molecule has 0 unspecified atom stereocenters. The van der Waals surface area contributed by atoms with Gasteiger partial charge in [0.15, 0.2) is 12.0 Å². The molecule has 0 atom stereocenters. The van der Waals surface area contributed by atoms with Crippen LogP contribution < -0.4 is 4.74 Å². The van der Waals surface area contributed by atoms with E-state index in [1.807, 2.05) is 0 Å². The first-order valence-electron chi connectivity index (χ1n) is 6.57. The van der Waals surface area contributed by atoms with Crippen LogP contribution in [0, 0.1) is 0 Å². The van der Waals surface area contributed by atoms with Crippen LogP contribution in [0.1, 0.15) is 17.5 Å². The fourth-order valence-electron chi connectivity index (χ4n) is 2.19. The summed E-state index contributed by atoms with van der Waals surface area (Å²) in [5.41, 5.74) is -1.30. The van der Waals surface area contributed by atoms with Crippen molar-refractivity contribution in [1.82, 2.24) is 9.78 Å². The third-order valence-corrected chi connectivity index (χ3v) is 3.11. The SMILES string of the molecule is Cn1nc(C(F)(F)F)c(C2OCCO2)c1Oc1ccccc1. The summed E-state index contributed by atoms with van der Waals surface area (Å²) in [6, 6.07) is 8.50. The largest absolute Gasteiger partial charge is 0.439 e. The first-order valence-corrected chi connectivity index (χ1v) is 6.57. The summed E-state index contributed by atoms with van der Waals surface area (Å²) < 4.78 is 56.6. The van der Waals surface area contributed by atoms with Gasteiger partial charge in [-0.25, -0.2) is 4.68 Å². The van der Waals surface area contributed by atoms with Crippen LogP contribution in [0.15, 0.2) is 30.3 Å². The number of ether oxygens (including phenoxy) is 3. The van der Waals surface area contributed by atoms with Gasteiger partial charge in [0.25, 0.3) is 0 Å². The Morgan fingerprint density at radius 2 is 1.82 bits per heavy atom. The highest BCUT2D eigenvalue weighted by Crippen LogP contribution is 2.42. The minimum absolute atomic E-state index is 0.0505. The van der Waals surface area contributed by atoms with Crippen molar-refractivity contribution >= 4 is 0 Å². The van der Waals surface area contributed by atoms with Crippen molar-refractivity contribution in [3.8, 4) is 11.6 Å². The first-order chi connectivity index (χ1) is 10.5. The Bertz CT molecular complexity index is 649. The summed E-state index contributed by atoms with van der Waals surface area (Å²) in [4.78, 5) is 0. The maximum Gasteiger partial charge on any atom is 0.435 e. The zero-order valence-corrected chi connectivity index (χ0v) is 11.6. The standard InChI is InChI=1S/C14H13F3N2O3/c1-19-12(22-9-5-3-2-4-6-9)10(13-20-7-8-21-13)11(18-19)14(15,16)17/h2-6,13H,7-8H2,1H3. The molecule has 1 aliphatic rings. The number of hydrogen-bond donors (Lipinski definition) is 0. The van der Waals surface area contributed by atoms with Crippen molar-refractivity contribution in [1.29, 1.82) is 0 Å². The molecular formula is C14H13F3N2O3. The summed E-state index contributed by atoms with van der Waals surface area (Å²) in [5.74, 6) is 0.351. The fraction of sp³-hybridized carbons (Fsp3) is 0.357. The van der Waals surface area contributed by atoms with E-state index in [-0.39, 0.29) is 24.7 Å². The average Bonchev–Trinajstić information content (AvgIpc) is 3.08. The molecule has 0 amide bonds. The van der Waals surface area contributed by atoms with Gasteiger partial charge >= 0.3 is 6.18 Å². The zero-order chi connectivity index (χ0) is 15.7. The van der Waals surface area contributed by atoms with Gasteiger partial charge in [0.2, 0.25) is 5.88 Å². The van der Waals surface area contributed by atoms with Gasteiger partial charge in [0, 0.05) is 7.05 Å². The zero-order valence-electron chi connectivity index (χ0n) is 11.6. The van der Waals surface area contributed by atoms with Crippen LogP contribution in [0.25, 0.3) is 0 Å². The third-order valence-electron chi connectivity index (χ3n) is 3.11. The maximum atomic E-state index is 13.2. The number of benzene rings is 1. The molecule has 0 radical (unpaired) electrons. The second-order valence-corrected chi connectivity index (χ2v) is 4.68. The molecule has 0 spiro atoms. The van der Waals surface area contributed by atoms with Crippen LogP contribution in [-0.4, -0.2) is 23.0 Å². The number of alkyl halides is 3. The Morgan fingerprint density at radius 3 is 2.41 bits per heavy atom. The van der Waals surface area contributed by atoms with Gasteiger partial charge in [-0.1, -0.05) is 18.2 Å². The number of nitrogens with zero attached hydrogens (tertiary/aromatic N) is 2. The number of aryl methyl sites for hydroxylation is 1. The molecule has 2 aromatic rings. The topological polar surface area (TPSA) is 45.5 Å². The van der Waals surface area contributed by atoms with Crippen molar-refractivity contribution < 1.29 is 27.4 Å². The Morgan fingerprint density at radius 1 is 1.18 bits per heavy atom. The van der Waals surface area contributed by atoms with Gasteiger partial charge in [0.1, 0.15) is 11.3 Å². The van der Waals surface area contributed by atoms with E-state index in [0.717, 1.165) is 4.68 Å². The van der Waals surface area contributed by atoms with E-state index in [0.29, 0.717) is 5.75 Å². The van der Waals surface area contributed by atoms with Crippen molar-refractivity contribution in [2.45, 2.75) is 12.5 Å². The van der Waals surface area contributed by atoms with Crippen molar-refractivity contribution in [3.63, 3.8) is 0 Å². The van der Waals surface area contributed by atoms with Gasteiger partial charge in [-0.15, -0.1) is 0 Å². The molecule has 8 heteroatoms. The van der Waals surface area contributed by atoms with E-state index in [2.05, 4.69) is 5.10 Å².